The fourth-order valence-corrected chi connectivity index (χ4v) is 4.92. The Labute approximate surface area is 151 Å². The number of carbonyl (C=O) groups excluding carboxylic acids is 1. The zero-order valence-corrected chi connectivity index (χ0v) is 14.8. The number of benzene rings is 1. The third kappa shape index (κ3) is 2.41. The number of hydrogen-bond donors (Lipinski definition) is 2. The van der Waals surface area contributed by atoms with Crippen LogP contribution in [0.3, 0.4) is 0 Å². The lowest BCUT2D eigenvalue weighted by Crippen LogP contribution is -2.37. The van der Waals surface area contributed by atoms with Crippen molar-refractivity contribution in [2.75, 3.05) is 13.2 Å². The molecule has 2 N–H and O–H groups in total. The van der Waals surface area contributed by atoms with Crippen LogP contribution >= 0.6 is 34.5 Å². The molecule has 0 unspecified atom stereocenters. The minimum atomic E-state index is -0.475. The van der Waals surface area contributed by atoms with Crippen molar-refractivity contribution in [2.24, 2.45) is 0 Å². The summed E-state index contributed by atoms with van der Waals surface area (Å²) in [7, 11) is 0. The van der Waals surface area contributed by atoms with Crippen molar-refractivity contribution in [1.29, 1.82) is 0 Å². The first-order valence-corrected chi connectivity index (χ1v) is 8.98. The number of thiophene rings is 1. The van der Waals surface area contributed by atoms with Crippen LogP contribution in [0.4, 0.5) is 0 Å². The number of aliphatic hydroxyl groups excluding tert-OH is 1. The highest BCUT2D eigenvalue weighted by molar-refractivity contribution is 7.20. The average Bonchev–Trinajstić information content (AvgIpc) is 3.24. The van der Waals surface area contributed by atoms with Crippen molar-refractivity contribution in [3.63, 3.8) is 0 Å². The molecule has 1 amide bonds. The van der Waals surface area contributed by atoms with Crippen molar-refractivity contribution >= 4 is 50.5 Å². The van der Waals surface area contributed by atoms with Crippen LogP contribution in [0.15, 0.2) is 18.3 Å². The Morgan fingerprint density at radius 2 is 2.29 bits per heavy atom. The number of fused-ring (bicyclic) bond motifs is 3. The average molecular weight is 382 g/mol. The van der Waals surface area contributed by atoms with Gasteiger partial charge in [-0.2, -0.15) is 5.10 Å². The predicted molar refractivity (Wildman–Crippen MR) is 95.6 cm³/mol. The number of nitrogens with one attached hydrogen (secondary N) is 1. The van der Waals surface area contributed by atoms with Gasteiger partial charge in [-0.3, -0.25) is 9.89 Å². The number of hydrogen-bond acceptors (Lipinski definition) is 4. The summed E-state index contributed by atoms with van der Waals surface area (Å²) in [6.07, 6.45) is 2.43. The number of rotatable bonds is 2. The maximum absolute atomic E-state index is 11.9. The van der Waals surface area contributed by atoms with Crippen LogP contribution in [-0.2, 0) is 17.8 Å². The first kappa shape index (κ1) is 15.9. The SMILES string of the molecule is O=C(CO)N1CCc2sc3c(Cl)c(Cl)cc(-c4ccn[nH]4)c3c2C1. The fraction of sp³-hybridized carbons (Fsp3) is 0.250. The summed E-state index contributed by atoms with van der Waals surface area (Å²) < 4.78 is 0.928. The molecule has 0 fully saturated rings. The van der Waals surface area contributed by atoms with Gasteiger partial charge in [-0.25, -0.2) is 0 Å². The zero-order valence-electron chi connectivity index (χ0n) is 12.5. The van der Waals surface area contributed by atoms with Crippen LogP contribution in [0, 0.1) is 0 Å². The molecular formula is C16H13Cl2N3O2S. The lowest BCUT2D eigenvalue weighted by molar-refractivity contribution is -0.135. The van der Waals surface area contributed by atoms with E-state index in [2.05, 4.69) is 10.2 Å². The van der Waals surface area contributed by atoms with E-state index in [0.29, 0.717) is 23.1 Å². The Hall–Kier alpha value is -1.60. The van der Waals surface area contributed by atoms with E-state index in [4.69, 9.17) is 28.3 Å². The molecule has 1 aromatic carbocycles. The number of amides is 1. The van der Waals surface area contributed by atoms with E-state index in [0.717, 1.165) is 33.3 Å². The van der Waals surface area contributed by atoms with Crippen LogP contribution in [0.1, 0.15) is 10.4 Å². The van der Waals surface area contributed by atoms with Crippen molar-refractivity contribution in [1.82, 2.24) is 15.1 Å². The van der Waals surface area contributed by atoms with Gasteiger partial charge in [0.2, 0.25) is 5.91 Å². The lowest BCUT2D eigenvalue weighted by atomic mass is 9.99. The third-order valence-corrected chi connectivity index (χ3v) is 6.49. The van der Waals surface area contributed by atoms with Gasteiger partial charge in [0.15, 0.2) is 0 Å². The van der Waals surface area contributed by atoms with Crippen molar-refractivity contribution in [3.05, 3.63) is 38.8 Å². The molecule has 0 saturated heterocycles. The van der Waals surface area contributed by atoms with Gasteiger partial charge in [-0.05, 0) is 24.1 Å². The summed E-state index contributed by atoms with van der Waals surface area (Å²) in [6, 6.07) is 3.71. The molecule has 4 rings (SSSR count). The maximum Gasteiger partial charge on any atom is 0.248 e. The topological polar surface area (TPSA) is 69.2 Å². The summed E-state index contributed by atoms with van der Waals surface area (Å²) in [5, 5.41) is 18.2. The Morgan fingerprint density at radius 1 is 1.46 bits per heavy atom. The lowest BCUT2D eigenvalue weighted by Gasteiger charge is -2.26. The van der Waals surface area contributed by atoms with E-state index in [1.54, 1.807) is 22.4 Å². The standard InChI is InChI=1S/C16H13Cl2N3O2S/c17-10-5-8(11-1-3-19-20-11)14-9-6-21(13(23)7-22)4-2-12(9)24-16(14)15(10)18/h1,3,5,22H,2,4,6-7H2,(H,19,20). The van der Waals surface area contributed by atoms with Gasteiger partial charge < -0.3 is 10.0 Å². The Bertz CT molecular complexity index is 937. The number of aromatic nitrogens is 2. The van der Waals surface area contributed by atoms with Crippen LogP contribution in [0.25, 0.3) is 21.3 Å². The summed E-state index contributed by atoms with van der Waals surface area (Å²) in [5.74, 6) is -0.261. The molecule has 0 aliphatic carbocycles. The van der Waals surface area contributed by atoms with E-state index in [9.17, 15) is 4.79 Å². The molecule has 8 heteroatoms. The summed E-state index contributed by atoms with van der Waals surface area (Å²) in [5.41, 5.74) is 2.85. The predicted octanol–water partition coefficient (Wildman–Crippen LogP) is 3.48. The molecule has 2 aromatic heterocycles. The van der Waals surface area contributed by atoms with Gasteiger partial charge in [-0.15, -0.1) is 11.3 Å². The molecule has 0 bridgehead atoms. The van der Waals surface area contributed by atoms with Gasteiger partial charge in [0, 0.05) is 35.1 Å². The first-order chi connectivity index (χ1) is 11.6. The Morgan fingerprint density at radius 3 is 3.00 bits per heavy atom. The number of halogens is 2. The third-order valence-electron chi connectivity index (χ3n) is 4.28. The zero-order chi connectivity index (χ0) is 16.8. The van der Waals surface area contributed by atoms with Gasteiger partial charge in [0.1, 0.15) is 6.61 Å². The van der Waals surface area contributed by atoms with E-state index in [1.165, 1.54) is 4.88 Å². The first-order valence-electron chi connectivity index (χ1n) is 7.40. The van der Waals surface area contributed by atoms with E-state index in [1.807, 2.05) is 12.1 Å². The Balaban J connectivity index is 1.96. The molecular weight excluding hydrogens is 369 g/mol. The summed E-state index contributed by atoms with van der Waals surface area (Å²) in [6.45, 7) is 0.592. The highest BCUT2D eigenvalue weighted by atomic mass is 35.5. The normalized spacial score (nSPS) is 14.2. The molecule has 24 heavy (non-hydrogen) atoms. The molecule has 0 atom stereocenters. The van der Waals surface area contributed by atoms with E-state index in [-0.39, 0.29) is 5.91 Å². The van der Waals surface area contributed by atoms with Crippen molar-refractivity contribution in [2.45, 2.75) is 13.0 Å². The van der Waals surface area contributed by atoms with Crippen molar-refractivity contribution < 1.29 is 9.90 Å². The summed E-state index contributed by atoms with van der Waals surface area (Å²) in [4.78, 5) is 14.8. The molecule has 0 spiro atoms. The molecule has 0 saturated carbocycles. The van der Waals surface area contributed by atoms with E-state index < -0.39 is 6.61 Å². The maximum atomic E-state index is 11.9. The van der Waals surface area contributed by atoms with Crippen LogP contribution in [0.5, 0.6) is 0 Å². The second-order valence-corrected chi connectivity index (χ2v) is 7.51. The molecule has 5 nitrogen and oxygen atoms in total. The quantitative estimate of drug-likeness (QED) is 0.713. The highest BCUT2D eigenvalue weighted by Crippen LogP contribution is 2.46. The monoisotopic (exact) mass is 381 g/mol. The van der Waals surface area contributed by atoms with Gasteiger partial charge in [0.25, 0.3) is 0 Å². The molecule has 3 aromatic rings. The number of H-pyrrole nitrogens is 1. The smallest absolute Gasteiger partial charge is 0.248 e. The van der Waals surface area contributed by atoms with Gasteiger partial charge in [-0.1, -0.05) is 23.2 Å². The second kappa shape index (κ2) is 6.04. The second-order valence-electron chi connectivity index (χ2n) is 5.62. The van der Waals surface area contributed by atoms with Crippen LogP contribution in [-0.4, -0.2) is 39.3 Å². The van der Waals surface area contributed by atoms with E-state index >= 15 is 0 Å². The van der Waals surface area contributed by atoms with Gasteiger partial charge in [0.05, 0.1) is 20.4 Å². The largest absolute Gasteiger partial charge is 0.387 e. The number of aromatic amines is 1. The molecule has 0 radical (unpaired) electrons. The molecule has 3 heterocycles. The molecule has 124 valence electrons. The minimum absolute atomic E-state index is 0.261. The Kier molecular flexibility index (Phi) is 4.00. The van der Waals surface area contributed by atoms with Crippen LogP contribution in [0.2, 0.25) is 10.0 Å². The highest BCUT2D eigenvalue weighted by Gasteiger charge is 2.27. The number of aliphatic hydroxyl groups is 1. The fourth-order valence-electron chi connectivity index (χ4n) is 3.13. The molecule has 1 aliphatic rings. The number of carbonyl (C=O) groups is 1. The van der Waals surface area contributed by atoms with Crippen LogP contribution < -0.4 is 0 Å². The molecule has 1 aliphatic heterocycles. The summed E-state index contributed by atoms with van der Waals surface area (Å²) >= 11 is 14.4. The number of nitrogens with zero attached hydrogens (tertiary/aromatic N) is 2. The van der Waals surface area contributed by atoms with Crippen molar-refractivity contribution in [3.8, 4) is 11.3 Å². The minimum Gasteiger partial charge on any atom is -0.387 e. The van der Waals surface area contributed by atoms with Gasteiger partial charge >= 0.3 is 0 Å².